The lowest BCUT2D eigenvalue weighted by molar-refractivity contribution is -0.237. The summed E-state index contributed by atoms with van der Waals surface area (Å²) in [4.78, 5) is 37.5. The van der Waals surface area contributed by atoms with Gasteiger partial charge >= 0.3 is 0 Å². The Hall–Kier alpha value is -2.20. The van der Waals surface area contributed by atoms with E-state index in [1.54, 1.807) is 11.9 Å². The van der Waals surface area contributed by atoms with Crippen LogP contribution in [0.3, 0.4) is 0 Å². The van der Waals surface area contributed by atoms with Crippen LogP contribution in [0.5, 0.6) is 0 Å². The van der Waals surface area contributed by atoms with Crippen LogP contribution in [0.2, 0.25) is 0 Å². The molecule has 3 heterocycles. The van der Waals surface area contributed by atoms with Gasteiger partial charge in [0.1, 0.15) is 6.04 Å². The number of nitrogens with two attached hydrogens (primary N) is 1. The molecule has 0 radical (unpaired) electrons. The number of piperidine rings is 1. The molecule has 1 aromatic carbocycles. The number of likely N-dealkylation sites (tertiary alicyclic amines) is 3. The summed E-state index contributed by atoms with van der Waals surface area (Å²) in [6.07, 6.45) is 2.49. The molecule has 182 valence electrons. The number of benzene rings is 1. The molecule has 1 saturated carbocycles. The summed E-state index contributed by atoms with van der Waals surface area (Å²) in [6, 6.07) is 9.01. The summed E-state index contributed by atoms with van der Waals surface area (Å²) < 4.78 is 4.92. The van der Waals surface area contributed by atoms with Crippen LogP contribution < -0.4 is 11.2 Å². The zero-order chi connectivity index (χ0) is 24.0. The van der Waals surface area contributed by atoms with E-state index >= 15 is 0 Å². The Morgan fingerprint density at radius 2 is 2.09 bits per heavy atom. The second kappa shape index (κ2) is 9.45. The zero-order valence-electron chi connectivity index (χ0n) is 19.3. The average molecular weight is 487 g/mol. The first-order chi connectivity index (χ1) is 16.4. The van der Waals surface area contributed by atoms with Crippen LogP contribution in [0.1, 0.15) is 37.8 Å². The first-order valence-corrected chi connectivity index (χ1v) is 12.5. The van der Waals surface area contributed by atoms with Crippen molar-refractivity contribution in [3.05, 3.63) is 29.8 Å². The first-order valence-electron chi connectivity index (χ1n) is 11.7. The van der Waals surface area contributed by atoms with Crippen molar-refractivity contribution in [2.45, 2.75) is 67.3 Å². The van der Waals surface area contributed by atoms with Gasteiger partial charge in [-0.3, -0.25) is 14.5 Å². The van der Waals surface area contributed by atoms with Crippen molar-refractivity contribution >= 4 is 23.9 Å². The fourth-order valence-corrected chi connectivity index (χ4v) is 6.29. The molecule has 5 rings (SSSR count). The largest absolute Gasteiger partial charge is 0.330 e. The lowest BCUT2D eigenvalue weighted by Crippen LogP contribution is -2.57. The number of carbonyl (C=O) groups is 2. The fraction of sp³-hybridized carbons (Fsp3) is 0.609. The van der Waals surface area contributed by atoms with Gasteiger partial charge in [-0.25, -0.2) is 0 Å². The molecule has 2 amide bonds. The standard InChI is InChI=1S/C23H30N6O4S/c1-13(14-3-5-18(6-4-14)34-33-32-26-2)28-17-9-21(23(28)31)27(11-17)12-19(25)22(30)29-16(10-24)7-15-8-20(15)29/h3-6,13,15-17,19-21,26H,7-9,11-12,25H2,1-2H3/t13-,15-,16+,17?,19+,20+,21-/m1/s1. The number of nitriles is 1. The lowest BCUT2D eigenvalue weighted by Gasteiger charge is -2.38. The molecule has 1 aromatic rings. The summed E-state index contributed by atoms with van der Waals surface area (Å²) in [5.41, 5.74) is 9.79. The monoisotopic (exact) mass is 486 g/mol. The first kappa shape index (κ1) is 23.5. The summed E-state index contributed by atoms with van der Waals surface area (Å²) in [5.74, 6) is 0.395. The van der Waals surface area contributed by atoms with Crippen molar-refractivity contribution in [1.29, 1.82) is 5.26 Å². The molecule has 11 heteroatoms. The quantitative estimate of drug-likeness (QED) is 0.227. The number of piperazine rings is 1. The second-order valence-electron chi connectivity index (χ2n) is 9.58. The van der Waals surface area contributed by atoms with E-state index in [0.29, 0.717) is 19.0 Å². The molecule has 3 aliphatic heterocycles. The van der Waals surface area contributed by atoms with Crippen molar-refractivity contribution in [3.8, 4) is 6.07 Å². The van der Waals surface area contributed by atoms with E-state index in [-0.39, 0.29) is 42.0 Å². The Balaban J connectivity index is 1.18. The predicted molar refractivity (Wildman–Crippen MR) is 123 cm³/mol. The third kappa shape index (κ3) is 4.19. The van der Waals surface area contributed by atoms with Gasteiger partial charge in [0.15, 0.2) is 0 Å². The number of nitrogens with one attached hydrogen (secondary N) is 1. The molecule has 1 aliphatic carbocycles. The van der Waals surface area contributed by atoms with Gasteiger partial charge in [-0.2, -0.15) is 10.7 Å². The predicted octanol–water partition coefficient (Wildman–Crippen LogP) is 0.963. The van der Waals surface area contributed by atoms with Crippen molar-refractivity contribution in [3.63, 3.8) is 0 Å². The van der Waals surface area contributed by atoms with Crippen molar-refractivity contribution in [1.82, 2.24) is 20.2 Å². The molecule has 3 saturated heterocycles. The van der Waals surface area contributed by atoms with Crippen LogP contribution in [0.15, 0.2) is 29.2 Å². The Bertz CT molecular complexity index is 987. The topological polar surface area (TPSA) is 124 Å². The smallest absolute Gasteiger partial charge is 0.242 e. The molecule has 4 aliphatic rings. The number of carbonyl (C=O) groups excluding carboxylic acids is 2. The maximum absolute atomic E-state index is 13.3. The number of hydrogen-bond donors (Lipinski definition) is 2. The number of amides is 2. The Morgan fingerprint density at radius 3 is 2.76 bits per heavy atom. The summed E-state index contributed by atoms with van der Waals surface area (Å²) in [6.45, 7) is 3.10. The van der Waals surface area contributed by atoms with Gasteiger partial charge in [-0.15, -0.1) is 9.32 Å². The van der Waals surface area contributed by atoms with Gasteiger partial charge in [-0.1, -0.05) is 12.1 Å². The van der Waals surface area contributed by atoms with E-state index in [2.05, 4.69) is 21.4 Å². The Kier molecular flexibility index (Phi) is 6.54. The van der Waals surface area contributed by atoms with Gasteiger partial charge in [-0.05, 0) is 49.8 Å². The minimum absolute atomic E-state index is 0.0544. The summed E-state index contributed by atoms with van der Waals surface area (Å²) in [7, 11) is 1.61. The minimum atomic E-state index is -0.715. The third-order valence-electron chi connectivity index (χ3n) is 7.60. The van der Waals surface area contributed by atoms with Gasteiger partial charge in [0.2, 0.25) is 11.8 Å². The molecule has 2 bridgehead atoms. The Morgan fingerprint density at radius 1 is 1.32 bits per heavy atom. The van der Waals surface area contributed by atoms with Crippen LogP contribution in [0, 0.1) is 17.2 Å². The minimum Gasteiger partial charge on any atom is -0.330 e. The molecular weight excluding hydrogens is 456 g/mol. The van der Waals surface area contributed by atoms with Gasteiger partial charge in [0.05, 0.1) is 36.2 Å². The molecule has 4 fully saturated rings. The third-order valence-corrected chi connectivity index (χ3v) is 8.20. The number of fused-ring (bicyclic) bond motifs is 3. The van der Waals surface area contributed by atoms with E-state index in [4.69, 9.17) is 10.1 Å². The van der Waals surface area contributed by atoms with Gasteiger partial charge in [0, 0.05) is 37.1 Å². The maximum atomic E-state index is 13.3. The van der Waals surface area contributed by atoms with Crippen LogP contribution in [0.25, 0.3) is 0 Å². The SMILES string of the molecule is CNOOSc1ccc([C@@H](C)N2C(=O)[C@H]3CC2CN3C[C@H](N)C(=O)N2[C@H](C#N)C[C@@H]3C[C@@H]32)cc1. The molecule has 7 atom stereocenters. The Labute approximate surface area is 203 Å². The molecule has 1 unspecified atom stereocenters. The fourth-order valence-electron chi connectivity index (χ4n) is 5.86. The molecule has 0 aromatic heterocycles. The number of hydroxylamine groups is 1. The highest BCUT2D eigenvalue weighted by atomic mass is 32.2. The summed E-state index contributed by atoms with van der Waals surface area (Å²) in [5, 5.41) is 9.39. The number of rotatable bonds is 9. The molecule has 10 nitrogen and oxygen atoms in total. The van der Waals surface area contributed by atoms with Crippen molar-refractivity contribution in [2.24, 2.45) is 11.7 Å². The van der Waals surface area contributed by atoms with E-state index < -0.39 is 6.04 Å². The van der Waals surface area contributed by atoms with E-state index in [1.807, 2.05) is 36.1 Å². The van der Waals surface area contributed by atoms with Crippen LogP contribution in [0.4, 0.5) is 0 Å². The van der Waals surface area contributed by atoms with Gasteiger partial charge < -0.3 is 15.5 Å². The number of hydrogen-bond acceptors (Lipinski definition) is 9. The number of nitrogens with zero attached hydrogens (tertiary/aromatic N) is 4. The zero-order valence-corrected chi connectivity index (χ0v) is 20.1. The molecule has 3 N–H and O–H groups in total. The van der Waals surface area contributed by atoms with Crippen LogP contribution in [-0.4, -0.2) is 76.9 Å². The highest BCUT2D eigenvalue weighted by Gasteiger charge is 2.56. The normalized spacial score (nSPS) is 31.5. The van der Waals surface area contributed by atoms with Crippen molar-refractivity contribution in [2.75, 3.05) is 20.1 Å². The van der Waals surface area contributed by atoms with Crippen LogP contribution >= 0.6 is 12.0 Å². The maximum Gasteiger partial charge on any atom is 0.242 e. The van der Waals surface area contributed by atoms with Crippen LogP contribution in [-0.2, 0) is 18.9 Å². The molecule has 0 spiro atoms. The van der Waals surface area contributed by atoms with E-state index in [9.17, 15) is 14.9 Å². The van der Waals surface area contributed by atoms with E-state index in [0.717, 1.165) is 41.8 Å². The molecular formula is C23H30N6O4S. The molecule has 34 heavy (non-hydrogen) atoms. The lowest BCUT2D eigenvalue weighted by atomic mass is 10.1. The average Bonchev–Trinajstić information content (AvgIpc) is 3.16. The highest BCUT2D eigenvalue weighted by molar-refractivity contribution is 7.94. The van der Waals surface area contributed by atoms with E-state index in [1.165, 1.54) is 0 Å². The second-order valence-corrected chi connectivity index (χ2v) is 10.4. The van der Waals surface area contributed by atoms with Crippen molar-refractivity contribution < 1.29 is 18.9 Å². The highest BCUT2D eigenvalue weighted by Crippen LogP contribution is 2.48. The van der Waals surface area contributed by atoms with Gasteiger partial charge in [0.25, 0.3) is 0 Å². The summed E-state index contributed by atoms with van der Waals surface area (Å²) >= 11 is 1.10.